The quantitative estimate of drug-likeness (QED) is 0.345. The Morgan fingerprint density at radius 3 is 2.41 bits per heavy atom. The molecule has 0 spiro atoms. The number of anilines is 1. The summed E-state index contributed by atoms with van der Waals surface area (Å²) in [6.07, 6.45) is 0.558. The zero-order valence-electron chi connectivity index (χ0n) is 18.7. The number of nitrogens with zero attached hydrogens (tertiary/aromatic N) is 4. The molecule has 0 unspecified atom stereocenters. The highest BCUT2D eigenvalue weighted by molar-refractivity contribution is 9.10. The lowest BCUT2D eigenvalue weighted by Gasteiger charge is -2.22. The Morgan fingerprint density at radius 1 is 1.00 bits per heavy atom. The average molecular weight is 522 g/mol. The summed E-state index contributed by atoms with van der Waals surface area (Å²) in [5.74, 6) is -0.290. The molecule has 4 aromatic rings. The van der Waals surface area contributed by atoms with E-state index in [2.05, 4.69) is 39.9 Å². The molecule has 5 rings (SSSR count). The normalized spacial score (nSPS) is 18.4. The van der Waals surface area contributed by atoms with Gasteiger partial charge in [-0.15, -0.1) is 10.2 Å². The fourth-order valence-electron chi connectivity index (χ4n) is 4.17. The second-order valence-electron chi connectivity index (χ2n) is 8.49. The van der Waals surface area contributed by atoms with Crippen LogP contribution in [0.25, 0.3) is 16.9 Å². The van der Waals surface area contributed by atoms with Crippen LogP contribution < -0.4 is 5.73 Å². The lowest BCUT2D eigenvalue weighted by molar-refractivity contribution is 0.00200. The van der Waals surface area contributed by atoms with E-state index in [1.807, 2.05) is 36.4 Å². The maximum atomic E-state index is 13.6. The summed E-state index contributed by atoms with van der Waals surface area (Å²) in [4.78, 5) is 3.90. The fourth-order valence-corrected chi connectivity index (χ4v) is 4.43. The van der Waals surface area contributed by atoms with E-state index in [9.17, 15) is 4.39 Å². The first-order valence-electron chi connectivity index (χ1n) is 11.2. The minimum Gasteiger partial charge on any atom is -0.399 e. The van der Waals surface area contributed by atoms with Crippen LogP contribution in [0.4, 0.5) is 10.1 Å². The lowest BCUT2D eigenvalue weighted by atomic mass is 10.1. The molecule has 6 nitrogen and oxygen atoms in total. The summed E-state index contributed by atoms with van der Waals surface area (Å²) in [5, 5.41) is 9.64. The first-order valence-corrected chi connectivity index (χ1v) is 12.0. The van der Waals surface area contributed by atoms with Gasteiger partial charge in [0.15, 0.2) is 6.23 Å². The number of ether oxygens (including phenoxy) is 1. The van der Waals surface area contributed by atoms with Crippen molar-refractivity contribution in [3.63, 3.8) is 0 Å². The number of hydrogen-bond donors (Lipinski definition) is 1. The van der Waals surface area contributed by atoms with E-state index in [1.165, 1.54) is 17.7 Å². The van der Waals surface area contributed by atoms with Crippen molar-refractivity contribution in [2.75, 3.05) is 18.8 Å². The summed E-state index contributed by atoms with van der Waals surface area (Å²) in [6, 6.07) is 22.1. The fraction of sp³-hybridized carbons (Fsp3) is 0.231. The van der Waals surface area contributed by atoms with Gasteiger partial charge in [-0.1, -0.05) is 28.1 Å². The molecule has 8 heteroatoms. The van der Waals surface area contributed by atoms with Gasteiger partial charge in [0.05, 0.1) is 11.8 Å². The van der Waals surface area contributed by atoms with Crippen LogP contribution in [-0.4, -0.2) is 39.1 Å². The van der Waals surface area contributed by atoms with E-state index < -0.39 is 0 Å². The summed E-state index contributed by atoms with van der Waals surface area (Å²) in [5.41, 5.74) is 10.8. The summed E-state index contributed by atoms with van der Waals surface area (Å²) in [6.45, 7) is 3.65. The van der Waals surface area contributed by atoms with E-state index in [1.54, 1.807) is 16.9 Å². The van der Waals surface area contributed by atoms with Gasteiger partial charge in [-0.05, 0) is 79.6 Å². The molecule has 0 aliphatic carbocycles. The van der Waals surface area contributed by atoms with Crippen molar-refractivity contribution in [1.29, 1.82) is 0 Å². The number of halogens is 2. The molecule has 174 valence electrons. The van der Waals surface area contributed by atoms with Crippen LogP contribution in [0.15, 0.2) is 77.3 Å². The molecule has 1 fully saturated rings. The highest BCUT2D eigenvalue weighted by Gasteiger charge is 2.36. The number of hydrogen-bond acceptors (Lipinski definition) is 5. The Hall–Kier alpha value is -3.07. The summed E-state index contributed by atoms with van der Waals surface area (Å²) < 4.78 is 20.9. The number of nitrogens with two attached hydrogens (primary N) is 1. The van der Waals surface area contributed by atoms with Crippen LogP contribution >= 0.6 is 15.9 Å². The number of aromatic nitrogens is 3. The van der Waals surface area contributed by atoms with Gasteiger partial charge in [0, 0.05) is 28.8 Å². The van der Waals surface area contributed by atoms with Gasteiger partial charge in [-0.25, -0.2) is 4.39 Å². The third-order valence-electron chi connectivity index (χ3n) is 5.90. The molecular formula is C26H25BrFN5O. The van der Waals surface area contributed by atoms with E-state index in [0.29, 0.717) is 5.69 Å². The van der Waals surface area contributed by atoms with Crippen LogP contribution in [0.3, 0.4) is 0 Å². The standard InChI is InChI=1S/C26H25BrFN5O/c1-17-16-32(15-14-18-2-10-22(29)11-3-18)26(34-17)25-24(19-4-8-21(28)9-5-19)30-33(31-25)23-12-6-20(27)7-13-23/h2-13,17,26H,14-16,29H2,1H3/t17-,26-/m1/s1. The van der Waals surface area contributed by atoms with Gasteiger partial charge in [-0.2, -0.15) is 4.80 Å². The molecule has 2 N–H and O–H groups in total. The van der Waals surface area contributed by atoms with Crippen LogP contribution in [0.1, 0.15) is 24.4 Å². The van der Waals surface area contributed by atoms with E-state index in [0.717, 1.165) is 46.6 Å². The molecule has 2 heterocycles. The Bertz CT molecular complexity index is 1260. The van der Waals surface area contributed by atoms with Gasteiger partial charge in [0.2, 0.25) is 0 Å². The number of benzene rings is 3. The van der Waals surface area contributed by atoms with Crippen molar-refractivity contribution in [2.24, 2.45) is 0 Å². The van der Waals surface area contributed by atoms with Crippen molar-refractivity contribution < 1.29 is 9.13 Å². The van der Waals surface area contributed by atoms with Crippen LogP contribution in [-0.2, 0) is 11.2 Å². The highest BCUT2D eigenvalue weighted by atomic mass is 79.9. The van der Waals surface area contributed by atoms with Gasteiger partial charge >= 0.3 is 0 Å². The molecular weight excluding hydrogens is 497 g/mol. The zero-order valence-corrected chi connectivity index (χ0v) is 20.3. The molecule has 3 aromatic carbocycles. The molecule has 0 radical (unpaired) electrons. The molecule has 1 aliphatic rings. The van der Waals surface area contributed by atoms with Crippen molar-refractivity contribution in [3.8, 4) is 16.9 Å². The molecule has 1 aromatic heterocycles. The molecule has 0 bridgehead atoms. The molecule has 0 amide bonds. The van der Waals surface area contributed by atoms with Crippen molar-refractivity contribution >= 4 is 21.6 Å². The molecule has 1 saturated heterocycles. The second-order valence-corrected chi connectivity index (χ2v) is 9.41. The van der Waals surface area contributed by atoms with Gasteiger partial charge in [0.25, 0.3) is 0 Å². The van der Waals surface area contributed by atoms with Crippen molar-refractivity contribution in [2.45, 2.75) is 25.7 Å². The maximum Gasteiger partial charge on any atom is 0.158 e. The Labute approximate surface area is 206 Å². The van der Waals surface area contributed by atoms with Crippen molar-refractivity contribution in [3.05, 3.63) is 94.3 Å². The first-order chi connectivity index (χ1) is 16.5. The minimum atomic E-state index is -0.354. The van der Waals surface area contributed by atoms with Gasteiger partial charge in [-0.3, -0.25) is 4.90 Å². The first kappa shape index (κ1) is 22.7. The molecule has 1 aliphatic heterocycles. The zero-order chi connectivity index (χ0) is 23.7. The third-order valence-corrected chi connectivity index (χ3v) is 6.43. The minimum absolute atomic E-state index is 0.0512. The van der Waals surface area contributed by atoms with Crippen molar-refractivity contribution in [1.82, 2.24) is 19.9 Å². The predicted octanol–water partition coefficient (Wildman–Crippen LogP) is 5.38. The van der Waals surface area contributed by atoms with Gasteiger partial charge in [0.1, 0.15) is 17.2 Å². The highest BCUT2D eigenvalue weighted by Crippen LogP contribution is 2.35. The van der Waals surface area contributed by atoms with Crippen LogP contribution in [0, 0.1) is 5.82 Å². The smallest absolute Gasteiger partial charge is 0.158 e. The lowest BCUT2D eigenvalue weighted by Crippen LogP contribution is -2.27. The Balaban J connectivity index is 1.49. The second kappa shape index (κ2) is 9.66. The molecule has 2 atom stereocenters. The predicted molar refractivity (Wildman–Crippen MR) is 134 cm³/mol. The van der Waals surface area contributed by atoms with E-state index in [-0.39, 0.29) is 18.1 Å². The average Bonchev–Trinajstić information content (AvgIpc) is 3.43. The van der Waals surface area contributed by atoms with E-state index >= 15 is 0 Å². The SMILES string of the molecule is C[C@@H]1CN(CCc2ccc(N)cc2)[C@@H](c2nn(-c3ccc(Br)cc3)nc2-c2ccc(F)cc2)O1. The molecule has 34 heavy (non-hydrogen) atoms. The Kier molecular flexibility index (Phi) is 6.45. The third kappa shape index (κ3) is 4.89. The topological polar surface area (TPSA) is 69.2 Å². The summed E-state index contributed by atoms with van der Waals surface area (Å²) in [7, 11) is 0. The number of nitrogen functional groups attached to an aromatic ring is 1. The van der Waals surface area contributed by atoms with Crippen LogP contribution in [0.2, 0.25) is 0 Å². The van der Waals surface area contributed by atoms with E-state index in [4.69, 9.17) is 20.7 Å². The Morgan fingerprint density at radius 2 is 1.71 bits per heavy atom. The monoisotopic (exact) mass is 521 g/mol. The van der Waals surface area contributed by atoms with Crippen LogP contribution in [0.5, 0.6) is 0 Å². The number of rotatable bonds is 6. The van der Waals surface area contributed by atoms with Gasteiger partial charge < -0.3 is 10.5 Å². The maximum absolute atomic E-state index is 13.6. The summed E-state index contributed by atoms with van der Waals surface area (Å²) >= 11 is 3.47. The largest absolute Gasteiger partial charge is 0.399 e. The molecule has 0 saturated carbocycles.